The number of thioether (sulfide) groups is 1. The summed E-state index contributed by atoms with van der Waals surface area (Å²) in [6.45, 7) is 2.04. The number of aryl methyl sites for hydroxylation is 1. The van der Waals surface area contributed by atoms with Crippen LogP contribution in [0.25, 0.3) is 0 Å². The zero-order valence-corrected chi connectivity index (χ0v) is 18.9. The smallest absolute Gasteiger partial charge is 0.263 e. The van der Waals surface area contributed by atoms with Gasteiger partial charge in [-0.05, 0) is 42.3 Å². The lowest BCUT2D eigenvalue weighted by atomic mass is 10.1. The molecule has 8 nitrogen and oxygen atoms in total. The first-order valence-corrected chi connectivity index (χ1v) is 12.6. The molecule has 2 heterocycles. The Morgan fingerprint density at radius 2 is 1.71 bits per heavy atom. The van der Waals surface area contributed by atoms with Crippen molar-refractivity contribution in [2.45, 2.75) is 34.8 Å². The number of rotatable bonds is 7. The van der Waals surface area contributed by atoms with Crippen LogP contribution in [0.3, 0.4) is 0 Å². The number of carbonyl (C=O) groups is 2. The summed E-state index contributed by atoms with van der Waals surface area (Å²) < 4.78 is 28.4. The molecule has 1 aliphatic rings. The van der Waals surface area contributed by atoms with Crippen LogP contribution in [0.15, 0.2) is 57.8 Å². The second kappa shape index (κ2) is 8.77. The number of nitrogens with one attached hydrogen (secondary N) is 1. The first kappa shape index (κ1) is 21.5. The first-order chi connectivity index (χ1) is 14.8. The van der Waals surface area contributed by atoms with E-state index in [1.807, 2.05) is 31.2 Å². The molecule has 2 aromatic carbocycles. The Kier molecular flexibility index (Phi) is 6.08. The summed E-state index contributed by atoms with van der Waals surface area (Å²) in [5.41, 5.74) is 2.72. The Bertz CT molecular complexity index is 1220. The van der Waals surface area contributed by atoms with E-state index < -0.39 is 10.0 Å². The Morgan fingerprint density at radius 3 is 2.39 bits per heavy atom. The molecule has 0 atom stereocenters. The third-order valence-corrected chi connectivity index (χ3v) is 8.20. The van der Waals surface area contributed by atoms with Gasteiger partial charge in [0.15, 0.2) is 4.34 Å². The van der Waals surface area contributed by atoms with E-state index in [4.69, 9.17) is 0 Å². The minimum Gasteiger partial charge on any atom is -0.274 e. The Morgan fingerprint density at radius 1 is 1.03 bits per heavy atom. The summed E-state index contributed by atoms with van der Waals surface area (Å²) in [5.74, 6) is 0.135. The van der Waals surface area contributed by atoms with Crippen LogP contribution in [0.4, 0.5) is 10.8 Å². The van der Waals surface area contributed by atoms with Crippen LogP contribution in [-0.4, -0.2) is 30.4 Å². The maximum absolute atomic E-state index is 12.7. The third-order valence-electron chi connectivity index (χ3n) is 4.70. The van der Waals surface area contributed by atoms with Gasteiger partial charge in [0.2, 0.25) is 16.9 Å². The molecule has 1 fully saturated rings. The minimum absolute atomic E-state index is 0.000316. The van der Waals surface area contributed by atoms with Gasteiger partial charge in [0.25, 0.3) is 10.0 Å². The minimum atomic E-state index is -3.88. The lowest BCUT2D eigenvalue weighted by molar-refractivity contribution is -0.121. The fourth-order valence-electron chi connectivity index (χ4n) is 3.03. The second-order valence-corrected chi connectivity index (χ2v) is 10.7. The van der Waals surface area contributed by atoms with E-state index >= 15 is 0 Å². The molecule has 0 spiro atoms. The second-order valence-electron chi connectivity index (χ2n) is 6.81. The number of hydrogen-bond donors (Lipinski definition) is 1. The van der Waals surface area contributed by atoms with Gasteiger partial charge >= 0.3 is 0 Å². The number of imide groups is 1. The van der Waals surface area contributed by atoms with Crippen molar-refractivity contribution in [3.8, 4) is 0 Å². The summed E-state index contributed by atoms with van der Waals surface area (Å²) in [5, 5.41) is 8.13. The predicted molar refractivity (Wildman–Crippen MR) is 120 cm³/mol. The van der Waals surface area contributed by atoms with E-state index in [0.29, 0.717) is 15.8 Å². The summed E-state index contributed by atoms with van der Waals surface area (Å²) in [4.78, 5) is 24.7. The third kappa shape index (κ3) is 4.78. The average Bonchev–Trinajstić information content (AvgIpc) is 3.32. The monoisotopic (exact) mass is 474 g/mol. The number of sulfonamides is 1. The zero-order chi connectivity index (χ0) is 22.0. The molecule has 0 unspecified atom stereocenters. The summed E-state index contributed by atoms with van der Waals surface area (Å²) >= 11 is 2.64. The highest BCUT2D eigenvalue weighted by molar-refractivity contribution is 8.00. The van der Waals surface area contributed by atoms with Crippen LogP contribution in [0.2, 0.25) is 0 Å². The van der Waals surface area contributed by atoms with Crippen molar-refractivity contribution in [2.75, 3.05) is 9.62 Å². The molecule has 0 bridgehead atoms. The van der Waals surface area contributed by atoms with Gasteiger partial charge < -0.3 is 0 Å². The normalized spacial score (nSPS) is 14.3. The van der Waals surface area contributed by atoms with Crippen LogP contribution < -0.4 is 9.62 Å². The number of nitrogens with zero attached hydrogens (tertiary/aromatic N) is 3. The van der Waals surface area contributed by atoms with E-state index in [1.165, 1.54) is 47.2 Å². The van der Waals surface area contributed by atoms with Crippen molar-refractivity contribution in [3.63, 3.8) is 0 Å². The molecular weight excluding hydrogens is 456 g/mol. The Labute approximate surface area is 187 Å². The van der Waals surface area contributed by atoms with Crippen molar-refractivity contribution in [1.29, 1.82) is 0 Å². The van der Waals surface area contributed by atoms with Crippen LogP contribution in [-0.2, 0) is 25.4 Å². The summed E-state index contributed by atoms with van der Waals surface area (Å²) in [6.07, 6.45) is 0.337. The number of amides is 2. The van der Waals surface area contributed by atoms with Gasteiger partial charge in [-0.2, -0.15) is 0 Å². The highest BCUT2D eigenvalue weighted by Crippen LogP contribution is 2.30. The number of anilines is 2. The van der Waals surface area contributed by atoms with Crippen LogP contribution in [0.1, 0.15) is 24.0 Å². The summed E-state index contributed by atoms with van der Waals surface area (Å²) in [6, 6.07) is 13.6. The van der Waals surface area contributed by atoms with Crippen molar-refractivity contribution < 1.29 is 18.0 Å². The molecule has 0 saturated carbocycles. The molecule has 0 aliphatic carbocycles. The average molecular weight is 475 g/mol. The quantitative estimate of drug-likeness (QED) is 0.412. The molecule has 31 heavy (non-hydrogen) atoms. The molecule has 0 radical (unpaired) electrons. The van der Waals surface area contributed by atoms with Gasteiger partial charge in [-0.25, -0.2) is 8.42 Å². The summed E-state index contributed by atoms with van der Waals surface area (Å²) in [7, 11) is -3.88. The molecule has 4 rings (SSSR count). The highest BCUT2D eigenvalue weighted by atomic mass is 32.2. The number of carbonyl (C=O) groups excluding carboxylic acids is 2. The van der Waals surface area contributed by atoms with Crippen LogP contribution in [0.5, 0.6) is 0 Å². The van der Waals surface area contributed by atoms with Gasteiger partial charge in [-0.15, -0.1) is 10.2 Å². The van der Waals surface area contributed by atoms with E-state index in [9.17, 15) is 18.0 Å². The van der Waals surface area contributed by atoms with Gasteiger partial charge in [0.1, 0.15) is 0 Å². The standard InChI is InChI=1S/C20H18N4O4S3/c1-13-4-2-3-5-14(13)12-29-20-22-21-19(30-20)23-31(27,28)16-8-6-15(7-9-16)24-17(25)10-11-18(24)26/h2-9H,10-12H2,1H3,(H,21,23). The van der Waals surface area contributed by atoms with Crippen molar-refractivity contribution in [2.24, 2.45) is 0 Å². The van der Waals surface area contributed by atoms with Gasteiger partial charge in [-0.3, -0.25) is 19.2 Å². The fourth-order valence-corrected chi connectivity index (χ4v) is 6.09. The lowest BCUT2D eigenvalue weighted by Crippen LogP contribution is -2.28. The topological polar surface area (TPSA) is 109 Å². The Balaban J connectivity index is 1.42. The van der Waals surface area contributed by atoms with Crippen molar-refractivity contribution in [3.05, 3.63) is 59.7 Å². The van der Waals surface area contributed by atoms with Gasteiger partial charge in [0.05, 0.1) is 10.6 Å². The molecule has 1 aromatic heterocycles. The van der Waals surface area contributed by atoms with Crippen LogP contribution in [0, 0.1) is 6.92 Å². The zero-order valence-electron chi connectivity index (χ0n) is 16.4. The molecule has 2 amide bonds. The highest BCUT2D eigenvalue weighted by Gasteiger charge is 2.30. The molecule has 1 N–H and O–H groups in total. The number of benzene rings is 2. The lowest BCUT2D eigenvalue weighted by Gasteiger charge is -2.14. The molecule has 11 heteroatoms. The van der Waals surface area contributed by atoms with Gasteiger partial charge in [0, 0.05) is 18.6 Å². The number of hydrogen-bond acceptors (Lipinski definition) is 8. The van der Waals surface area contributed by atoms with Gasteiger partial charge in [-0.1, -0.05) is 47.4 Å². The maximum Gasteiger partial charge on any atom is 0.263 e. The molecule has 1 saturated heterocycles. The SMILES string of the molecule is Cc1ccccc1CSc1nnc(NS(=O)(=O)c2ccc(N3C(=O)CCC3=O)cc2)s1. The largest absolute Gasteiger partial charge is 0.274 e. The van der Waals surface area contributed by atoms with E-state index in [0.717, 1.165) is 16.2 Å². The molecule has 3 aromatic rings. The van der Waals surface area contributed by atoms with Crippen molar-refractivity contribution in [1.82, 2.24) is 10.2 Å². The fraction of sp³-hybridized carbons (Fsp3) is 0.200. The molecule has 160 valence electrons. The van der Waals surface area contributed by atoms with E-state index in [-0.39, 0.29) is 34.7 Å². The number of aromatic nitrogens is 2. The maximum atomic E-state index is 12.7. The predicted octanol–water partition coefficient (Wildman–Crippen LogP) is 3.59. The van der Waals surface area contributed by atoms with Crippen LogP contribution >= 0.6 is 23.1 Å². The van der Waals surface area contributed by atoms with Crippen molar-refractivity contribution >= 4 is 55.8 Å². The van der Waals surface area contributed by atoms with E-state index in [1.54, 1.807) is 0 Å². The Hall–Kier alpha value is -2.76. The molecular formula is C20H18N4O4S3. The first-order valence-electron chi connectivity index (χ1n) is 9.33. The van der Waals surface area contributed by atoms with E-state index in [2.05, 4.69) is 14.9 Å². The molecule has 1 aliphatic heterocycles.